The van der Waals surface area contributed by atoms with E-state index in [1.165, 1.54) is 19.4 Å². The fourth-order valence-electron chi connectivity index (χ4n) is 4.31. The molecular weight excluding hydrogens is 370 g/mol. The number of ether oxygens (including phenoxy) is 1. The minimum absolute atomic E-state index is 0.403. The largest absolute Gasteiger partial charge is 0.381 e. The SMILES string of the molecule is CCCCN1CCN(C(CN2CCOCC2)(C(=S)NC)c2ccccn2)CC1. The molecule has 1 aromatic rings. The molecule has 0 saturated carbocycles. The van der Waals surface area contributed by atoms with E-state index in [1.54, 1.807) is 0 Å². The Balaban J connectivity index is 1.87. The number of pyridine rings is 1. The molecule has 0 radical (unpaired) electrons. The number of rotatable bonds is 8. The van der Waals surface area contributed by atoms with Crippen molar-refractivity contribution in [3.8, 4) is 0 Å². The van der Waals surface area contributed by atoms with Crippen molar-refractivity contribution in [2.75, 3.05) is 72.6 Å². The van der Waals surface area contributed by atoms with Crippen molar-refractivity contribution in [2.45, 2.75) is 25.3 Å². The molecule has 1 unspecified atom stereocenters. The molecule has 0 aliphatic carbocycles. The van der Waals surface area contributed by atoms with Crippen molar-refractivity contribution >= 4 is 17.2 Å². The van der Waals surface area contributed by atoms with Crippen molar-refractivity contribution in [3.63, 3.8) is 0 Å². The zero-order valence-corrected chi connectivity index (χ0v) is 18.2. The zero-order chi connectivity index (χ0) is 19.8. The number of piperazine rings is 1. The zero-order valence-electron chi connectivity index (χ0n) is 17.4. The van der Waals surface area contributed by atoms with Gasteiger partial charge in [0.15, 0.2) is 0 Å². The average Bonchev–Trinajstić information content (AvgIpc) is 2.77. The Morgan fingerprint density at radius 2 is 1.89 bits per heavy atom. The molecule has 3 heterocycles. The second kappa shape index (κ2) is 10.6. The average molecular weight is 406 g/mol. The van der Waals surface area contributed by atoms with Crippen molar-refractivity contribution in [3.05, 3.63) is 30.1 Å². The Morgan fingerprint density at radius 3 is 2.50 bits per heavy atom. The van der Waals surface area contributed by atoms with Crippen LogP contribution in [0.4, 0.5) is 0 Å². The standard InChI is InChI=1S/C21H35N5OS/c1-3-4-9-24-10-12-26(13-11-24)21(20(28)22-2,19-7-5-6-8-23-19)18-25-14-16-27-17-15-25/h5-8H,3-4,9-18H2,1-2H3,(H,22,28). The number of hydrogen-bond acceptors (Lipinski definition) is 6. The first-order valence-electron chi connectivity index (χ1n) is 10.6. The predicted molar refractivity (Wildman–Crippen MR) is 118 cm³/mol. The predicted octanol–water partition coefficient (Wildman–Crippen LogP) is 1.57. The maximum atomic E-state index is 5.96. The molecule has 6 nitrogen and oxygen atoms in total. The monoisotopic (exact) mass is 405 g/mol. The van der Waals surface area contributed by atoms with Gasteiger partial charge in [0, 0.05) is 59.1 Å². The summed E-state index contributed by atoms with van der Waals surface area (Å²) in [6, 6.07) is 6.19. The van der Waals surface area contributed by atoms with Crippen LogP contribution in [-0.4, -0.2) is 97.3 Å². The molecular formula is C21H35N5OS. The van der Waals surface area contributed by atoms with Crippen LogP contribution in [0.3, 0.4) is 0 Å². The summed E-state index contributed by atoms with van der Waals surface area (Å²) in [7, 11) is 1.94. The summed E-state index contributed by atoms with van der Waals surface area (Å²) < 4.78 is 5.58. The fourth-order valence-corrected chi connectivity index (χ4v) is 4.60. The highest BCUT2D eigenvalue weighted by molar-refractivity contribution is 7.80. The van der Waals surface area contributed by atoms with Crippen molar-refractivity contribution in [1.82, 2.24) is 25.0 Å². The van der Waals surface area contributed by atoms with Gasteiger partial charge in [-0.25, -0.2) is 0 Å². The molecule has 0 bridgehead atoms. The summed E-state index contributed by atoms with van der Waals surface area (Å²) in [6.45, 7) is 11.9. The summed E-state index contributed by atoms with van der Waals surface area (Å²) in [5, 5.41) is 3.32. The van der Waals surface area contributed by atoms with Crippen molar-refractivity contribution < 1.29 is 4.74 Å². The lowest BCUT2D eigenvalue weighted by Crippen LogP contribution is -2.65. The van der Waals surface area contributed by atoms with Gasteiger partial charge in [-0.2, -0.15) is 0 Å². The van der Waals surface area contributed by atoms with Gasteiger partial charge >= 0.3 is 0 Å². The normalized spacial score (nSPS) is 21.9. The molecule has 1 aromatic heterocycles. The Bertz CT molecular complexity index is 602. The molecule has 7 heteroatoms. The summed E-state index contributed by atoms with van der Waals surface area (Å²) in [6.07, 6.45) is 4.41. The first-order chi connectivity index (χ1) is 13.7. The molecule has 2 aliphatic heterocycles. The second-order valence-electron chi connectivity index (χ2n) is 7.73. The molecule has 0 aromatic carbocycles. The number of nitrogens with zero attached hydrogens (tertiary/aromatic N) is 4. The summed E-state index contributed by atoms with van der Waals surface area (Å²) >= 11 is 5.96. The van der Waals surface area contributed by atoms with Crippen molar-refractivity contribution in [1.29, 1.82) is 0 Å². The van der Waals surface area contributed by atoms with Crippen LogP contribution in [0.15, 0.2) is 24.4 Å². The first-order valence-corrected chi connectivity index (χ1v) is 11.0. The van der Waals surface area contributed by atoms with Crippen LogP contribution in [0.25, 0.3) is 0 Å². The number of likely N-dealkylation sites (N-methyl/N-ethyl adjacent to an activating group) is 1. The summed E-state index contributed by atoms with van der Waals surface area (Å²) in [4.78, 5) is 13.3. The number of nitrogens with one attached hydrogen (secondary N) is 1. The quantitative estimate of drug-likeness (QED) is 0.659. The third-order valence-electron chi connectivity index (χ3n) is 5.99. The smallest absolute Gasteiger partial charge is 0.127 e. The topological polar surface area (TPSA) is 43.9 Å². The van der Waals surface area contributed by atoms with E-state index >= 15 is 0 Å². The minimum Gasteiger partial charge on any atom is -0.381 e. The van der Waals surface area contributed by atoms with Gasteiger partial charge in [0.2, 0.25) is 0 Å². The lowest BCUT2D eigenvalue weighted by molar-refractivity contribution is -0.00240. The highest BCUT2D eigenvalue weighted by Crippen LogP contribution is 2.31. The van der Waals surface area contributed by atoms with Crippen molar-refractivity contribution in [2.24, 2.45) is 0 Å². The molecule has 2 aliphatic rings. The second-order valence-corrected chi connectivity index (χ2v) is 8.13. The van der Waals surface area contributed by atoms with Gasteiger partial charge in [-0.15, -0.1) is 0 Å². The molecule has 2 fully saturated rings. The van der Waals surface area contributed by atoms with E-state index in [0.717, 1.165) is 69.7 Å². The minimum atomic E-state index is -0.403. The molecule has 0 spiro atoms. The van der Waals surface area contributed by atoms with Crippen LogP contribution in [0.2, 0.25) is 0 Å². The van der Waals surface area contributed by atoms with E-state index in [4.69, 9.17) is 21.9 Å². The van der Waals surface area contributed by atoms with Gasteiger partial charge in [0.25, 0.3) is 0 Å². The number of unbranched alkanes of at least 4 members (excludes halogenated alkanes) is 1. The van der Waals surface area contributed by atoms with E-state index in [2.05, 4.69) is 39.1 Å². The molecule has 2 saturated heterocycles. The van der Waals surface area contributed by atoms with Crippen LogP contribution >= 0.6 is 12.2 Å². The summed E-state index contributed by atoms with van der Waals surface area (Å²) in [5.74, 6) is 0. The molecule has 156 valence electrons. The maximum Gasteiger partial charge on any atom is 0.127 e. The van der Waals surface area contributed by atoms with Crippen LogP contribution in [0.5, 0.6) is 0 Å². The lowest BCUT2D eigenvalue weighted by atomic mass is 9.89. The Kier molecular flexibility index (Phi) is 8.17. The summed E-state index contributed by atoms with van der Waals surface area (Å²) in [5.41, 5.74) is 0.641. The van der Waals surface area contributed by atoms with E-state index in [9.17, 15) is 0 Å². The van der Waals surface area contributed by atoms with Gasteiger partial charge in [-0.3, -0.25) is 14.8 Å². The molecule has 1 atom stereocenters. The van der Waals surface area contributed by atoms with Gasteiger partial charge < -0.3 is 15.0 Å². The van der Waals surface area contributed by atoms with Gasteiger partial charge in [-0.1, -0.05) is 31.6 Å². The Labute approximate surface area is 175 Å². The van der Waals surface area contributed by atoms with E-state index in [1.807, 2.05) is 19.3 Å². The molecule has 3 rings (SSSR count). The van der Waals surface area contributed by atoms with Gasteiger partial charge in [0.1, 0.15) is 10.5 Å². The van der Waals surface area contributed by atoms with Crippen LogP contribution in [0.1, 0.15) is 25.5 Å². The fraction of sp³-hybridized carbons (Fsp3) is 0.714. The third kappa shape index (κ3) is 4.89. The third-order valence-corrected chi connectivity index (χ3v) is 6.53. The first kappa shape index (κ1) is 21.6. The molecule has 0 amide bonds. The number of aromatic nitrogens is 1. The number of morpholine rings is 1. The molecule has 28 heavy (non-hydrogen) atoms. The van der Waals surface area contributed by atoms with Crippen LogP contribution < -0.4 is 5.32 Å². The van der Waals surface area contributed by atoms with E-state index < -0.39 is 5.54 Å². The number of hydrogen-bond donors (Lipinski definition) is 1. The lowest BCUT2D eigenvalue weighted by Gasteiger charge is -2.49. The Morgan fingerprint density at radius 1 is 1.14 bits per heavy atom. The Hall–Kier alpha value is -1.12. The maximum absolute atomic E-state index is 5.96. The van der Waals surface area contributed by atoms with E-state index in [-0.39, 0.29) is 0 Å². The highest BCUT2D eigenvalue weighted by Gasteiger charge is 2.46. The van der Waals surface area contributed by atoms with Gasteiger partial charge in [0.05, 0.1) is 18.9 Å². The molecule has 1 N–H and O–H groups in total. The van der Waals surface area contributed by atoms with Crippen LogP contribution in [-0.2, 0) is 10.3 Å². The van der Waals surface area contributed by atoms with Crippen LogP contribution in [0, 0.1) is 0 Å². The van der Waals surface area contributed by atoms with Gasteiger partial charge in [-0.05, 0) is 25.1 Å². The number of thiocarbonyl (C=S) groups is 1. The highest BCUT2D eigenvalue weighted by atomic mass is 32.1. The van der Waals surface area contributed by atoms with E-state index in [0.29, 0.717) is 0 Å².